The molecule has 0 aliphatic carbocycles. The zero-order valence-electron chi connectivity index (χ0n) is 8.46. The molecule has 0 N–H and O–H groups in total. The van der Waals surface area contributed by atoms with Crippen LogP contribution in [-0.2, 0) is 4.74 Å². The molecule has 0 bridgehead atoms. The van der Waals surface area contributed by atoms with Gasteiger partial charge in [0.2, 0.25) is 0 Å². The number of hydrogen-bond acceptors (Lipinski definition) is 4. The highest BCUT2D eigenvalue weighted by atomic mass is 35.5. The van der Waals surface area contributed by atoms with E-state index in [4.69, 9.17) is 11.6 Å². The van der Waals surface area contributed by atoms with Crippen molar-refractivity contribution in [3.63, 3.8) is 0 Å². The highest BCUT2D eigenvalue weighted by Crippen LogP contribution is 2.31. The fraction of sp³-hybridized carbons (Fsp3) is 0.333. The minimum absolute atomic E-state index is 0.104. The van der Waals surface area contributed by atoms with Crippen LogP contribution in [0.5, 0.6) is 5.75 Å². The van der Waals surface area contributed by atoms with Gasteiger partial charge in [0.15, 0.2) is 5.69 Å². The molecule has 0 aromatic carbocycles. The molecule has 0 atom stereocenters. The zero-order chi connectivity index (χ0) is 12.3. The standard InChI is InChI=1S/C9H8ClF2NO3/c1-15-5-3-4(10)6(9(14)16-2)13-7(5)8(11)12/h3,8H,1-2H3. The number of carbonyl (C=O) groups excluding carboxylic acids is 1. The Labute approximate surface area is 95.1 Å². The fourth-order valence-electron chi connectivity index (χ4n) is 1.05. The molecule has 1 aromatic rings. The summed E-state index contributed by atoms with van der Waals surface area (Å²) in [5.41, 5.74) is -1.01. The maximum Gasteiger partial charge on any atom is 0.358 e. The van der Waals surface area contributed by atoms with Gasteiger partial charge in [0.05, 0.1) is 19.2 Å². The number of hydrogen-bond donors (Lipinski definition) is 0. The Bertz CT molecular complexity index is 412. The lowest BCUT2D eigenvalue weighted by atomic mass is 10.2. The molecule has 0 saturated carbocycles. The monoisotopic (exact) mass is 251 g/mol. The van der Waals surface area contributed by atoms with Crippen LogP contribution in [0.3, 0.4) is 0 Å². The van der Waals surface area contributed by atoms with E-state index in [0.29, 0.717) is 0 Å². The molecule has 0 aliphatic heterocycles. The van der Waals surface area contributed by atoms with Gasteiger partial charge in [0, 0.05) is 6.07 Å². The number of nitrogens with zero attached hydrogens (tertiary/aromatic N) is 1. The van der Waals surface area contributed by atoms with E-state index in [2.05, 4.69) is 14.5 Å². The van der Waals surface area contributed by atoms with Crippen LogP contribution in [-0.4, -0.2) is 25.2 Å². The number of aromatic nitrogens is 1. The maximum atomic E-state index is 12.6. The van der Waals surface area contributed by atoms with Crippen LogP contribution in [0.4, 0.5) is 8.78 Å². The second-order valence-corrected chi connectivity index (χ2v) is 3.11. The van der Waals surface area contributed by atoms with Crippen LogP contribution < -0.4 is 4.74 Å². The Balaban J connectivity index is 3.33. The Hall–Kier alpha value is -1.43. The van der Waals surface area contributed by atoms with Crippen LogP contribution in [0.15, 0.2) is 6.07 Å². The predicted molar refractivity (Wildman–Crippen MR) is 52.1 cm³/mol. The molecule has 0 radical (unpaired) electrons. The third kappa shape index (κ3) is 2.38. The summed E-state index contributed by atoms with van der Waals surface area (Å²) in [5, 5.41) is -0.104. The average Bonchev–Trinajstić information content (AvgIpc) is 2.27. The molecular weight excluding hydrogens is 244 g/mol. The van der Waals surface area contributed by atoms with Gasteiger partial charge in [-0.25, -0.2) is 18.6 Å². The van der Waals surface area contributed by atoms with E-state index in [0.717, 1.165) is 13.2 Å². The molecule has 1 rings (SSSR count). The topological polar surface area (TPSA) is 48.4 Å². The first-order chi connectivity index (χ1) is 7.51. The summed E-state index contributed by atoms with van der Waals surface area (Å²) in [6.07, 6.45) is -2.87. The SMILES string of the molecule is COC(=O)c1nc(C(F)F)c(OC)cc1Cl. The summed E-state index contributed by atoms with van der Waals surface area (Å²) in [4.78, 5) is 14.6. The summed E-state index contributed by atoms with van der Waals surface area (Å²) in [5.74, 6) is -1.05. The molecule has 0 unspecified atom stereocenters. The molecule has 88 valence electrons. The first-order valence-corrected chi connectivity index (χ1v) is 4.50. The normalized spacial score (nSPS) is 10.4. The Morgan fingerprint density at radius 1 is 1.50 bits per heavy atom. The average molecular weight is 252 g/mol. The minimum atomic E-state index is -2.87. The summed E-state index contributed by atoms with van der Waals surface area (Å²) < 4.78 is 34.1. The van der Waals surface area contributed by atoms with E-state index in [1.54, 1.807) is 0 Å². The van der Waals surface area contributed by atoms with Gasteiger partial charge in [0.1, 0.15) is 11.4 Å². The van der Waals surface area contributed by atoms with Gasteiger partial charge < -0.3 is 9.47 Å². The van der Waals surface area contributed by atoms with E-state index < -0.39 is 18.1 Å². The molecule has 0 saturated heterocycles. The molecular formula is C9H8ClF2NO3. The molecule has 0 amide bonds. The lowest BCUT2D eigenvalue weighted by Crippen LogP contribution is -2.08. The second-order valence-electron chi connectivity index (χ2n) is 2.70. The Kier molecular flexibility index (Phi) is 4.00. The number of methoxy groups -OCH3 is 2. The smallest absolute Gasteiger partial charge is 0.358 e. The third-order valence-electron chi connectivity index (χ3n) is 1.77. The van der Waals surface area contributed by atoms with Crippen molar-refractivity contribution in [3.05, 3.63) is 22.5 Å². The number of pyridine rings is 1. The van der Waals surface area contributed by atoms with Gasteiger partial charge in [-0.2, -0.15) is 0 Å². The van der Waals surface area contributed by atoms with Crippen molar-refractivity contribution in [1.82, 2.24) is 4.98 Å². The highest BCUT2D eigenvalue weighted by Gasteiger charge is 2.22. The lowest BCUT2D eigenvalue weighted by Gasteiger charge is -2.09. The predicted octanol–water partition coefficient (Wildman–Crippen LogP) is 2.47. The van der Waals surface area contributed by atoms with Crippen LogP contribution >= 0.6 is 11.6 Å². The van der Waals surface area contributed by atoms with E-state index in [1.165, 1.54) is 7.11 Å². The van der Waals surface area contributed by atoms with Crippen LogP contribution in [0, 0.1) is 0 Å². The Morgan fingerprint density at radius 3 is 2.56 bits per heavy atom. The van der Waals surface area contributed by atoms with Crippen LogP contribution in [0.2, 0.25) is 5.02 Å². The van der Waals surface area contributed by atoms with E-state index in [1.807, 2.05) is 0 Å². The van der Waals surface area contributed by atoms with E-state index >= 15 is 0 Å². The molecule has 0 aliphatic rings. The largest absolute Gasteiger partial charge is 0.495 e. The first kappa shape index (κ1) is 12.6. The molecule has 0 spiro atoms. The maximum absolute atomic E-state index is 12.6. The number of rotatable bonds is 3. The third-order valence-corrected chi connectivity index (χ3v) is 2.06. The number of carbonyl (C=O) groups is 1. The quantitative estimate of drug-likeness (QED) is 0.775. The number of ether oxygens (including phenoxy) is 2. The molecule has 1 heterocycles. The number of alkyl halides is 2. The second kappa shape index (κ2) is 5.07. The van der Waals surface area contributed by atoms with E-state index in [-0.39, 0.29) is 16.5 Å². The van der Waals surface area contributed by atoms with Crippen molar-refractivity contribution in [2.45, 2.75) is 6.43 Å². The highest BCUT2D eigenvalue weighted by molar-refractivity contribution is 6.33. The zero-order valence-corrected chi connectivity index (χ0v) is 9.22. The molecule has 0 fully saturated rings. The van der Waals surface area contributed by atoms with Gasteiger partial charge >= 0.3 is 5.97 Å². The van der Waals surface area contributed by atoms with Gasteiger partial charge in [-0.15, -0.1) is 0 Å². The van der Waals surface area contributed by atoms with Gasteiger partial charge in [0.25, 0.3) is 6.43 Å². The van der Waals surface area contributed by atoms with Gasteiger partial charge in [-0.1, -0.05) is 11.6 Å². The molecule has 1 aromatic heterocycles. The van der Waals surface area contributed by atoms with Crippen molar-refractivity contribution >= 4 is 17.6 Å². The van der Waals surface area contributed by atoms with Crippen LogP contribution in [0.1, 0.15) is 22.6 Å². The molecule has 4 nitrogen and oxygen atoms in total. The number of halogens is 3. The van der Waals surface area contributed by atoms with Crippen molar-refractivity contribution < 1.29 is 23.0 Å². The van der Waals surface area contributed by atoms with Crippen molar-refractivity contribution in [2.24, 2.45) is 0 Å². The van der Waals surface area contributed by atoms with Crippen molar-refractivity contribution in [1.29, 1.82) is 0 Å². The first-order valence-electron chi connectivity index (χ1n) is 4.12. The minimum Gasteiger partial charge on any atom is -0.495 e. The fourth-order valence-corrected chi connectivity index (χ4v) is 1.26. The van der Waals surface area contributed by atoms with Gasteiger partial charge in [-0.05, 0) is 0 Å². The van der Waals surface area contributed by atoms with Crippen molar-refractivity contribution in [3.8, 4) is 5.75 Å². The molecule has 7 heteroatoms. The van der Waals surface area contributed by atoms with Gasteiger partial charge in [-0.3, -0.25) is 0 Å². The summed E-state index contributed by atoms with van der Waals surface area (Å²) in [6.45, 7) is 0. The summed E-state index contributed by atoms with van der Waals surface area (Å²) in [7, 11) is 2.31. The van der Waals surface area contributed by atoms with E-state index in [9.17, 15) is 13.6 Å². The summed E-state index contributed by atoms with van der Waals surface area (Å²) in [6, 6.07) is 1.10. The van der Waals surface area contributed by atoms with Crippen LogP contribution in [0.25, 0.3) is 0 Å². The van der Waals surface area contributed by atoms with Crippen molar-refractivity contribution in [2.75, 3.05) is 14.2 Å². The Morgan fingerprint density at radius 2 is 2.12 bits per heavy atom. The number of esters is 1. The summed E-state index contributed by atoms with van der Waals surface area (Å²) >= 11 is 5.67. The molecule has 16 heavy (non-hydrogen) atoms. The lowest BCUT2D eigenvalue weighted by molar-refractivity contribution is 0.0592.